The highest BCUT2D eigenvalue weighted by molar-refractivity contribution is 6.30. The van der Waals surface area contributed by atoms with Crippen LogP contribution >= 0.6 is 11.6 Å². The number of benzene rings is 1. The van der Waals surface area contributed by atoms with Gasteiger partial charge in [-0.3, -0.25) is 4.79 Å². The molecule has 0 unspecified atom stereocenters. The highest BCUT2D eigenvalue weighted by Gasteiger charge is 2.18. The van der Waals surface area contributed by atoms with E-state index in [2.05, 4.69) is 5.32 Å². The van der Waals surface area contributed by atoms with Gasteiger partial charge >= 0.3 is 0 Å². The number of carbonyl (C=O) groups is 1. The number of aryl methyl sites for hydroxylation is 1. The maximum Gasteiger partial charge on any atom is 0.220 e. The van der Waals surface area contributed by atoms with Crippen LogP contribution in [0.25, 0.3) is 0 Å². The second-order valence-corrected chi connectivity index (χ2v) is 5.51. The van der Waals surface area contributed by atoms with Crippen LogP contribution in [0, 0.1) is 0 Å². The second-order valence-electron chi connectivity index (χ2n) is 5.07. The minimum atomic E-state index is -0.544. The Kier molecular flexibility index (Phi) is 5.63. The molecule has 0 saturated heterocycles. The van der Waals surface area contributed by atoms with Crippen LogP contribution in [0.1, 0.15) is 32.3 Å². The lowest BCUT2D eigenvalue weighted by atomic mass is 10.1. The Morgan fingerprint density at radius 1 is 1.33 bits per heavy atom. The van der Waals surface area contributed by atoms with E-state index >= 15 is 0 Å². The van der Waals surface area contributed by atoms with Gasteiger partial charge in [-0.15, -0.1) is 0 Å². The highest BCUT2D eigenvalue weighted by atomic mass is 35.5. The molecule has 0 saturated carbocycles. The van der Waals surface area contributed by atoms with Gasteiger partial charge < -0.3 is 10.4 Å². The second kappa shape index (κ2) is 6.76. The molecule has 3 nitrogen and oxygen atoms in total. The maximum atomic E-state index is 11.6. The molecule has 2 N–H and O–H groups in total. The fourth-order valence-corrected chi connectivity index (χ4v) is 1.71. The van der Waals surface area contributed by atoms with Crippen molar-refractivity contribution in [3.63, 3.8) is 0 Å². The molecule has 0 aliphatic carbocycles. The molecule has 100 valence electrons. The van der Waals surface area contributed by atoms with Gasteiger partial charge in [0.1, 0.15) is 0 Å². The van der Waals surface area contributed by atoms with Crippen molar-refractivity contribution in [3.05, 3.63) is 34.9 Å². The number of carbonyl (C=O) groups excluding carboxylic acids is 1. The molecule has 0 aliphatic heterocycles. The van der Waals surface area contributed by atoms with Gasteiger partial charge in [0.05, 0.1) is 12.1 Å². The number of amides is 1. The Balaban J connectivity index is 2.29. The van der Waals surface area contributed by atoms with Crippen molar-refractivity contribution < 1.29 is 9.90 Å². The zero-order chi connectivity index (χ0) is 13.6. The largest absolute Gasteiger partial charge is 0.394 e. The first-order valence-electron chi connectivity index (χ1n) is 6.09. The summed E-state index contributed by atoms with van der Waals surface area (Å²) in [4.78, 5) is 11.6. The molecular formula is C14H20ClNO2. The molecule has 4 heteroatoms. The molecule has 1 aromatic carbocycles. The Morgan fingerprint density at radius 2 is 1.94 bits per heavy atom. The third-order valence-electron chi connectivity index (χ3n) is 2.66. The molecular weight excluding hydrogens is 250 g/mol. The van der Waals surface area contributed by atoms with E-state index in [4.69, 9.17) is 16.7 Å². The number of hydrogen-bond donors (Lipinski definition) is 2. The lowest BCUT2D eigenvalue weighted by molar-refractivity contribution is -0.123. The van der Waals surface area contributed by atoms with Crippen LogP contribution in [0.3, 0.4) is 0 Å². The zero-order valence-electron chi connectivity index (χ0n) is 10.9. The first-order valence-corrected chi connectivity index (χ1v) is 6.47. The Labute approximate surface area is 113 Å². The standard InChI is InChI=1S/C14H20ClNO2/c1-14(2,10-17)16-13(18)5-3-4-11-6-8-12(15)9-7-11/h6-9,17H,3-5,10H2,1-2H3,(H,16,18). The Hall–Kier alpha value is -1.06. The monoisotopic (exact) mass is 269 g/mol. The van der Waals surface area contributed by atoms with Gasteiger partial charge in [-0.05, 0) is 44.4 Å². The predicted octanol–water partition coefficient (Wildman–Crippen LogP) is 2.55. The summed E-state index contributed by atoms with van der Waals surface area (Å²) in [5.41, 5.74) is 0.630. The van der Waals surface area contributed by atoms with E-state index < -0.39 is 5.54 Å². The van der Waals surface area contributed by atoms with Gasteiger partial charge in [-0.25, -0.2) is 0 Å². The molecule has 0 aliphatic rings. The van der Waals surface area contributed by atoms with Crippen LogP contribution in [0.4, 0.5) is 0 Å². The van der Waals surface area contributed by atoms with E-state index in [0.717, 1.165) is 17.9 Å². The molecule has 0 spiro atoms. The van der Waals surface area contributed by atoms with Crippen LogP contribution in [-0.2, 0) is 11.2 Å². The van der Waals surface area contributed by atoms with Crippen molar-refractivity contribution >= 4 is 17.5 Å². The SMILES string of the molecule is CC(C)(CO)NC(=O)CCCc1ccc(Cl)cc1. The van der Waals surface area contributed by atoms with E-state index in [-0.39, 0.29) is 12.5 Å². The highest BCUT2D eigenvalue weighted by Crippen LogP contribution is 2.12. The van der Waals surface area contributed by atoms with E-state index in [1.54, 1.807) is 13.8 Å². The van der Waals surface area contributed by atoms with E-state index in [0.29, 0.717) is 6.42 Å². The molecule has 18 heavy (non-hydrogen) atoms. The van der Waals surface area contributed by atoms with E-state index in [1.165, 1.54) is 5.56 Å². The summed E-state index contributed by atoms with van der Waals surface area (Å²) in [5, 5.41) is 12.6. The minimum Gasteiger partial charge on any atom is -0.394 e. The quantitative estimate of drug-likeness (QED) is 0.834. The lowest BCUT2D eigenvalue weighted by Gasteiger charge is -2.23. The fourth-order valence-electron chi connectivity index (χ4n) is 1.58. The third-order valence-corrected chi connectivity index (χ3v) is 2.91. The minimum absolute atomic E-state index is 0.0250. The average Bonchev–Trinajstić information content (AvgIpc) is 2.31. The molecule has 1 rings (SSSR count). The van der Waals surface area contributed by atoms with Crippen LogP contribution in [0.15, 0.2) is 24.3 Å². The molecule has 0 bridgehead atoms. The normalized spacial score (nSPS) is 11.3. The molecule has 0 heterocycles. The van der Waals surface area contributed by atoms with E-state index in [1.807, 2.05) is 24.3 Å². The zero-order valence-corrected chi connectivity index (χ0v) is 11.6. The number of hydrogen-bond acceptors (Lipinski definition) is 2. The van der Waals surface area contributed by atoms with Crippen LogP contribution < -0.4 is 5.32 Å². The smallest absolute Gasteiger partial charge is 0.220 e. The lowest BCUT2D eigenvalue weighted by Crippen LogP contribution is -2.46. The molecule has 1 amide bonds. The summed E-state index contributed by atoms with van der Waals surface area (Å²) in [6.07, 6.45) is 2.10. The summed E-state index contributed by atoms with van der Waals surface area (Å²) >= 11 is 5.80. The number of nitrogens with one attached hydrogen (secondary N) is 1. The van der Waals surface area contributed by atoms with Crippen molar-refractivity contribution in [1.29, 1.82) is 0 Å². The fraction of sp³-hybridized carbons (Fsp3) is 0.500. The number of aliphatic hydroxyl groups is 1. The summed E-state index contributed by atoms with van der Waals surface area (Å²) in [6, 6.07) is 7.65. The van der Waals surface area contributed by atoms with Crippen molar-refractivity contribution in [2.75, 3.05) is 6.61 Å². The first-order chi connectivity index (χ1) is 8.43. The molecule has 0 fully saturated rings. The van der Waals surface area contributed by atoms with Gasteiger partial charge in [0.15, 0.2) is 0 Å². The summed E-state index contributed by atoms with van der Waals surface area (Å²) < 4.78 is 0. The van der Waals surface area contributed by atoms with Crippen LogP contribution in [0.5, 0.6) is 0 Å². The topological polar surface area (TPSA) is 49.3 Å². The van der Waals surface area contributed by atoms with Crippen molar-refractivity contribution in [3.8, 4) is 0 Å². The van der Waals surface area contributed by atoms with E-state index in [9.17, 15) is 4.79 Å². The van der Waals surface area contributed by atoms with Crippen molar-refractivity contribution in [2.45, 2.75) is 38.6 Å². The van der Waals surface area contributed by atoms with Gasteiger partial charge in [0.2, 0.25) is 5.91 Å². The number of aliphatic hydroxyl groups excluding tert-OH is 1. The molecule has 0 radical (unpaired) electrons. The van der Waals surface area contributed by atoms with Gasteiger partial charge in [0, 0.05) is 11.4 Å². The average molecular weight is 270 g/mol. The Morgan fingerprint density at radius 3 is 2.50 bits per heavy atom. The van der Waals surface area contributed by atoms with Crippen molar-refractivity contribution in [1.82, 2.24) is 5.32 Å². The third kappa shape index (κ3) is 5.52. The van der Waals surface area contributed by atoms with Crippen LogP contribution in [0.2, 0.25) is 5.02 Å². The predicted molar refractivity (Wildman–Crippen MR) is 73.7 cm³/mol. The maximum absolute atomic E-state index is 11.6. The molecule has 0 atom stereocenters. The molecule has 0 aromatic heterocycles. The van der Waals surface area contributed by atoms with Gasteiger partial charge in [-0.1, -0.05) is 23.7 Å². The first kappa shape index (κ1) is 15.0. The summed E-state index contributed by atoms with van der Waals surface area (Å²) in [7, 11) is 0. The van der Waals surface area contributed by atoms with Gasteiger partial charge in [-0.2, -0.15) is 0 Å². The van der Waals surface area contributed by atoms with Crippen molar-refractivity contribution in [2.24, 2.45) is 0 Å². The summed E-state index contributed by atoms with van der Waals surface area (Å²) in [6.45, 7) is 3.53. The Bertz CT molecular complexity index is 387. The molecule has 1 aromatic rings. The van der Waals surface area contributed by atoms with Gasteiger partial charge in [0.25, 0.3) is 0 Å². The number of halogens is 1. The summed E-state index contributed by atoms with van der Waals surface area (Å²) in [5.74, 6) is -0.0250. The van der Waals surface area contributed by atoms with Crippen LogP contribution in [-0.4, -0.2) is 23.2 Å². The number of rotatable bonds is 6.